The van der Waals surface area contributed by atoms with Gasteiger partial charge in [-0.15, -0.1) is 11.3 Å². The van der Waals surface area contributed by atoms with E-state index >= 15 is 0 Å². The Hall–Kier alpha value is -2.87. The Bertz CT molecular complexity index is 1110. The van der Waals surface area contributed by atoms with Crippen LogP contribution in [0.1, 0.15) is 5.56 Å². The smallest absolute Gasteiger partial charge is 0.388 e. The van der Waals surface area contributed by atoms with E-state index in [9.17, 15) is 8.78 Å². The second-order valence-corrected chi connectivity index (χ2v) is 6.62. The summed E-state index contributed by atoms with van der Waals surface area (Å²) < 4.78 is 35.6. The molecule has 5 nitrogen and oxygen atoms in total. The molecule has 2 heterocycles. The summed E-state index contributed by atoms with van der Waals surface area (Å²) in [5.74, 6) is 0.482. The number of benzene rings is 2. The van der Waals surface area contributed by atoms with Crippen molar-refractivity contribution in [3.8, 4) is 22.2 Å². The highest BCUT2D eigenvalue weighted by molar-refractivity contribution is 7.21. The lowest BCUT2D eigenvalue weighted by Crippen LogP contribution is -2.04. The highest BCUT2D eigenvalue weighted by Crippen LogP contribution is 2.37. The van der Waals surface area contributed by atoms with Gasteiger partial charge in [-0.25, -0.2) is 15.0 Å². The number of para-hydroxylation sites is 1. The number of halogens is 2. The predicted molar refractivity (Wildman–Crippen MR) is 96.1 cm³/mol. The predicted octanol–water partition coefficient (Wildman–Crippen LogP) is 4.82. The molecule has 0 aliphatic carbocycles. The first-order valence-corrected chi connectivity index (χ1v) is 8.53. The average Bonchev–Trinajstić information content (AvgIpc) is 3.04. The molecule has 0 aliphatic rings. The highest BCUT2D eigenvalue weighted by Gasteiger charge is 2.16. The van der Waals surface area contributed by atoms with Crippen LogP contribution in [0.2, 0.25) is 0 Å². The number of aromatic nitrogens is 3. The van der Waals surface area contributed by atoms with E-state index in [-0.39, 0.29) is 5.88 Å². The van der Waals surface area contributed by atoms with Crippen LogP contribution in [0.3, 0.4) is 0 Å². The van der Waals surface area contributed by atoms with Gasteiger partial charge in [0.05, 0.1) is 29.0 Å². The third-order valence-corrected chi connectivity index (χ3v) is 4.86. The maximum atomic E-state index is 12.4. The second-order valence-electron chi connectivity index (χ2n) is 5.59. The van der Waals surface area contributed by atoms with E-state index in [0.717, 1.165) is 26.4 Å². The van der Waals surface area contributed by atoms with Crippen LogP contribution >= 0.6 is 11.3 Å². The summed E-state index contributed by atoms with van der Waals surface area (Å²) in [4.78, 5) is 13.1. The van der Waals surface area contributed by atoms with Crippen molar-refractivity contribution < 1.29 is 18.3 Å². The van der Waals surface area contributed by atoms with E-state index in [4.69, 9.17) is 9.72 Å². The van der Waals surface area contributed by atoms with Crippen molar-refractivity contribution in [1.29, 1.82) is 0 Å². The number of hydrogen-bond acceptors (Lipinski definition) is 6. The molecule has 8 heteroatoms. The fourth-order valence-corrected chi connectivity index (χ4v) is 3.76. The zero-order valence-corrected chi connectivity index (χ0v) is 14.7. The van der Waals surface area contributed by atoms with Crippen molar-refractivity contribution in [3.05, 3.63) is 42.1 Å². The Morgan fingerprint density at radius 1 is 1.12 bits per heavy atom. The minimum Gasteiger partial charge on any atom is -0.494 e. The van der Waals surface area contributed by atoms with Gasteiger partial charge in [-0.2, -0.15) is 8.78 Å². The summed E-state index contributed by atoms with van der Waals surface area (Å²) in [7, 11) is 1.60. The number of thiazole rings is 1. The molecule has 0 bridgehead atoms. The topological polar surface area (TPSA) is 57.1 Å². The van der Waals surface area contributed by atoms with Crippen molar-refractivity contribution in [1.82, 2.24) is 15.0 Å². The number of methoxy groups -OCH3 is 1. The van der Waals surface area contributed by atoms with E-state index in [1.807, 2.05) is 31.2 Å². The zero-order valence-electron chi connectivity index (χ0n) is 13.9. The first-order valence-electron chi connectivity index (χ1n) is 7.71. The molecule has 4 aromatic rings. The summed E-state index contributed by atoms with van der Waals surface area (Å²) in [6.07, 6.45) is 1.20. The number of alkyl halides is 2. The van der Waals surface area contributed by atoms with Crippen LogP contribution in [0.25, 0.3) is 31.8 Å². The van der Waals surface area contributed by atoms with Gasteiger partial charge in [0.15, 0.2) is 0 Å². The van der Waals surface area contributed by atoms with E-state index < -0.39 is 6.61 Å². The average molecular weight is 373 g/mol. The molecule has 0 saturated heterocycles. The summed E-state index contributed by atoms with van der Waals surface area (Å²) in [6.45, 7) is -1.04. The van der Waals surface area contributed by atoms with Crippen LogP contribution in [0.15, 0.2) is 36.5 Å². The molecule has 0 saturated carbocycles. The monoisotopic (exact) mass is 373 g/mol. The summed E-state index contributed by atoms with van der Waals surface area (Å²) in [6, 6.07) is 9.46. The maximum absolute atomic E-state index is 12.4. The first kappa shape index (κ1) is 16.6. The minimum atomic E-state index is -2.94. The molecule has 4 rings (SSSR count). The number of ether oxygens (including phenoxy) is 2. The molecular weight excluding hydrogens is 360 g/mol. The quantitative estimate of drug-likeness (QED) is 0.513. The fourth-order valence-electron chi connectivity index (χ4n) is 2.76. The van der Waals surface area contributed by atoms with Gasteiger partial charge in [-0.3, -0.25) is 0 Å². The van der Waals surface area contributed by atoms with Gasteiger partial charge in [0.25, 0.3) is 0 Å². The van der Waals surface area contributed by atoms with Gasteiger partial charge in [0.2, 0.25) is 5.88 Å². The largest absolute Gasteiger partial charge is 0.494 e. The number of rotatable bonds is 4. The van der Waals surface area contributed by atoms with E-state index in [1.165, 1.54) is 17.5 Å². The third-order valence-electron chi connectivity index (χ3n) is 3.81. The van der Waals surface area contributed by atoms with Gasteiger partial charge in [-0.05, 0) is 36.8 Å². The number of nitrogens with zero attached hydrogens (tertiary/aromatic N) is 3. The van der Waals surface area contributed by atoms with Crippen LogP contribution in [0, 0.1) is 6.92 Å². The highest BCUT2D eigenvalue weighted by atomic mass is 32.1. The third kappa shape index (κ3) is 2.92. The van der Waals surface area contributed by atoms with Crippen LogP contribution < -0.4 is 9.47 Å². The first-order chi connectivity index (χ1) is 12.5. The normalized spacial score (nSPS) is 11.4. The molecule has 26 heavy (non-hydrogen) atoms. The van der Waals surface area contributed by atoms with Crippen LogP contribution in [0.4, 0.5) is 8.78 Å². The number of aryl methyl sites for hydroxylation is 1. The molecule has 0 unspecified atom stereocenters. The van der Waals surface area contributed by atoms with Crippen LogP contribution in [0.5, 0.6) is 11.6 Å². The molecule has 0 fully saturated rings. The molecule has 0 amide bonds. The van der Waals surface area contributed by atoms with E-state index in [0.29, 0.717) is 16.8 Å². The lowest BCUT2D eigenvalue weighted by Gasteiger charge is -2.07. The lowest BCUT2D eigenvalue weighted by molar-refractivity contribution is -0.0528. The molecule has 0 N–H and O–H groups in total. The fraction of sp³-hybridized carbons (Fsp3) is 0.167. The number of fused-ring (bicyclic) bond motifs is 2. The molecule has 132 valence electrons. The summed E-state index contributed by atoms with van der Waals surface area (Å²) in [5, 5.41) is 0.759. The Balaban J connectivity index is 1.91. The molecule has 2 aromatic carbocycles. The summed E-state index contributed by atoms with van der Waals surface area (Å²) in [5.41, 5.74) is 3.54. The molecule has 0 aliphatic heterocycles. The van der Waals surface area contributed by atoms with Crippen molar-refractivity contribution in [2.24, 2.45) is 0 Å². The standard InChI is InChI=1S/C18H13F2N3O2S/c1-9-6-10(15-11(7-9)22-14(8-21-15)25-18(19)20)17-23-16-12(24-2)4-3-5-13(16)26-17/h3-8,18H,1-2H3. The second kappa shape index (κ2) is 6.45. The lowest BCUT2D eigenvalue weighted by atomic mass is 10.1. The Kier molecular flexibility index (Phi) is 4.12. The Morgan fingerprint density at radius 2 is 1.96 bits per heavy atom. The minimum absolute atomic E-state index is 0.213. The Labute approximate surface area is 151 Å². The van der Waals surface area contributed by atoms with Crippen LogP contribution in [-0.4, -0.2) is 28.7 Å². The Morgan fingerprint density at radius 3 is 2.73 bits per heavy atom. The molecule has 0 spiro atoms. The maximum Gasteiger partial charge on any atom is 0.388 e. The van der Waals surface area contributed by atoms with Crippen molar-refractivity contribution in [2.45, 2.75) is 13.5 Å². The summed E-state index contributed by atoms with van der Waals surface area (Å²) >= 11 is 1.51. The van der Waals surface area contributed by atoms with Gasteiger partial charge in [0, 0.05) is 5.56 Å². The van der Waals surface area contributed by atoms with Gasteiger partial charge in [-0.1, -0.05) is 6.07 Å². The van der Waals surface area contributed by atoms with Crippen LogP contribution in [-0.2, 0) is 0 Å². The van der Waals surface area contributed by atoms with E-state index in [1.54, 1.807) is 13.2 Å². The van der Waals surface area contributed by atoms with Gasteiger partial charge < -0.3 is 9.47 Å². The van der Waals surface area contributed by atoms with Crippen molar-refractivity contribution in [2.75, 3.05) is 7.11 Å². The number of hydrogen-bond donors (Lipinski definition) is 0. The SMILES string of the molecule is COc1cccc2sc(-c3cc(C)cc4nc(OC(F)F)cnc34)nc12. The molecule has 2 aromatic heterocycles. The molecular formula is C18H13F2N3O2S. The van der Waals surface area contributed by atoms with Gasteiger partial charge in [0.1, 0.15) is 16.3 Å². The van der Waals surface area contributed by atoms with Crippen molar-refractivity contribution >= 4 is 32.6 Å². The van der Waals surface area contributed by atoms with Gasteiger partial charge >= 0.3 is 6.61 Å². The zero-order chi connectivity index (χ0) is 18.3. The van der Waals surface area contributed by atoms with Crippen molar-refractivity contribution in [3.63, 3.8) is 0 Å². The molecule has 0 atom stereocenters. The molecule has 0 radical (unpaired) electrons. The van der Waals surface area contributed by atoms with E-state index in [2.05, 4.69) is 14.7 Å².